The van der Waals surface area contributed by atoms with Gasteiger partial charge in [0.15, 0.2) is 5.76 Å². The van der Waals surface area contributed by atoms with Crippen LogP contribution in [-0.4, -0.2) is 27.0 Å². The van der Waals surface area contributed by atoms with Gasteiger partial charge in [-0.3, -0.25) is 4.79 Å². The highest BCUT2D eigenvalue weighted by molar-refractivity contribution is 6.31. The molecule has 0 atom stereocenters. The van der Waals surface area contributed by atoms with Gasteiger partial charge in [0.25, 0.3) is 5.56 Å². The average molecular weight is 550 g/mol. The maximum Gasteiger partial charge on any atom is 0.335 e. The first-order chi connectivity index (χ1) is 19.4. The van der Waals surface area contributed by atoms with Gasteiger partial charge in [-0.25, -0.2) is 9.78 Å². The monoisotopic (exact) mass is 549 g/mol. The van der Waals surface area contributed by atoms with Crippen LogP contribution in [0.4, 0.5) is 0 Å². The molecule has 0 unspecified atom stereocenters. The number of carboxylic acid groups (broad SMARTS) is 1. The van der Waals surface area contributed by atoms with Crippen LogP contribution in [0, 0.1) is 0 Å². The van der Waals surface area contributed by atoms with E-state index in [2.05, 4.69) is 5.10 Å². The third-order valence-electron chi connectivity index (χ3n) is 6.21. The summed E-state index contributed by atoms with van der Waals surface area (Å²) < 4.78 is 13.1. The Morgan fingerprint density at radius 1 is 1.00 bits per heavy atom. The number of hydrogen-bond acceptors (Lipinski definition) is 6. The second-order valence-corrected chi connectivity index (χ2v) is 9.41. The molecule has 6 rings (SSSR count). The molecule has 0 spiro atoms. The van der Waals surface area contributed by atoms with E-state index in [9.17, 15) is 14.7 Å². The van der Waals surface area contributed by atoms with E-state index in [1.807, 2.05) is 12.1 Å². The zero-order chi connectivity index (χ0) is 27.6. The van der Waals surface area contributed by atoms with Crippen molar-refractivity contribution < 1.29 is 19.1 Å². The lowest BCUT2D eigenvalue weighted by Crippen LogP contribution is -2.20. The molecule has 40 heavy (non-hydrogen) atoms. The number of hydrogen-bond donors (Lipinski definition) is 1. The van der Waals surface area contributed by atoms with Gasteiger partial charge in [0.1, 0.15) is 17.9 Å². The summed E-state index contributed by atoms with van der Waals surface area (Å²) in [7, 11) is 0. The van der Waals surface area contributed by atoms with Crippen molar-refractivity contribution in [1.29, 1.82) is 0 Å². The summed E-state index contributed by atoms with van der Waals surface area (Å²) in [4.78, 5) is 29.4. The van der Waals surface area contributed by atoms with E-state index in [1.54, 1.807) is 85.1 Å². The van der Waals surface area contributed by atoms with Gasteiger partial charge < -0.3 is 14.3 Å². The van der Waals surface area contributed by atoms with E-state index in [4.69, 9.17) is 25.7 Å². The fourth-order valence-corrected chi connectivity index (χ4v) is 4.47. The molecule has 0 aliphatic carbocycles. The van der Waals surface area contributed by atoms with Crippen LogP contribution in [0.2, 0.25) is 5.02 Å². The van der Waals surface area contributed by atoms with Crippen molar-refractivity contribution in [3.63, 3.8) is 0 Å². The molecule has 8 nitrogen and oxygen atoms in total. The lowest BCUT2D eigenvalue weighted by molar-refractivity contribution is 0.0696. The Morgan fingerprint density at radius 3 is 2.73 bits per heavy atom. The van der Waals surface area contributed by atoms with Gasteiger partial charge in [0, 0.05) is 10.4 Å². The van der Waals surface area contributed by atoms with Crippen molar-refractivity contribution >= 4 is 45.7 Å². The minimum atomic E-state index is -0.996. The molecule has 4 aromatic carbocycles. The van der Waals surface area contributed by atoms with E-state index in [-0.39, 0.29) is 23.6 Å². The SMILES string of the molecule is O=C(O)c1cccc(COc2cccc(C=Nn3c(-c4cc5cc(Cl)ccc5o4)nc4ccccc4c3=O)c2)c1. The Bertz CT molecular complexity index is 1990. The molecule has 2 heterocycles. The van der Waals surface area contributed by atoms with E-state index in [0.717, 1.165) is 10.9 Å². The quantitative estimate of drug-likeness (QED) is 0.224. The summed E-state index contributed by atoms with van der Waals surface area (Å²) in [6.45, 7) is 0.190. The molecule has 0 aliphatic heterocycles. The number of aromatic carboxylic acids is 1. The Morgan fingerprint density at radius 2 is 1.85 bits per heavy atom. The summed E-state index contributed by atoms with van der Waals surface area (Å²) in [5.41, 5.74) is 2.38. The number of carboxylic acids is 1. The normalized spacial score (nSPS) is 11.4. The maximum absolute atomic E-state index is 13.5. The molecule has 0 saturated carbocycles. The van der Waals surface area contributed by atoms with Crippen LogP contribution in [0.25, 0.3) is 33.5 Å². The second kappa shape index (κ2) is 10.5. The Labute approximate surface area is 232 Å². The van der Waals surface area contributed by atoms with Gasteiger partial charge in [0.05, 0.1) is 22.7 Å². The largest absolute Gasteiger partial charge is 0.489 e. The van der Waals surface area contributed by atoms with Crippen molar-refractivity contribution in [2.75, 3.05) is 0 Å². The fourth-order valence-electron chi connectivity index (χ4n) is 4.28. The predicted octanol–water partition coefficient (Wildman–Crippen LogP) is 6.62. The summed E-state index contributed by atoms with van der Waals surface area (Å²) in [5.74, 6) is 0.184. The number of halogens is 1. The molecule has 0 saturated heterocycles. The first kappa shape index (κ1) is 25.1. The molecule has 0 radical (unpaired) electrons. The van der Waals surface area contributed by atoms with Gasteiger partial charge in [-0.2, -0.15) is 9.78 Å². The molecule has 1 N–H and O–H groups in total. The van der Waals surface area contributed by atoms with Crippen LogP contribution in [-0.2, 0) is 6.61 Å². The molecule has 9 heteroatoms. The number of para-hydroxylation sites is 1. The third kappa shape index (κ3) is 5.08. The van der Waals surface area contributed by atoms with E-state index in [0.29, 0.717) is 38.6 Å². The highest BCUT2D eigenvalue weighted by atomic mass is 35.5. The maximum atomic E-state index is 13.5. The second-order valence-electron chi connectivity index (χ2n) is 8.97. The van der Waals surface area contributed by atoms with E-state index >= 15 is 0 Å². The predicted molar refractivity (Wildman–Crippen MR) is 153 cm³/mol. The molecule has 0 fully saturated rings. The number of aromatic nitrogens is 2. The third-order valence-corrected chi connectivity index (χ3v) is 6.45. The van der Waals surface area contributed by atoms with Crippen LogP contribution >= 0.6 is 11.6 Å². The number of nitrogens with zero attached hydrogens (tertiary/aromatic N) is 3. The molecular weight excluding hydrogens is 530 g/mol. The number of carbonyl (C=O) groups is 1. The fraction of sp³-hybridized carbons (Fsp3) is 0.0323. The standard InChI is InChI=1S/C31H20ClN3O5/c32-23-11-12-27-22(15-23)16-28(40-27)29-34-26-10-2-1-9-25(26)30(36)35(29)33-17-19-5-4-8-24(14-19)39-18-20-6-3-7-21(13-20)31(37)38/h1-17H,18H2,(H,37,38). The number of rotatable bonds is 7. The highest BCUT2D eigenvalue weighted by Gasteiger charge is 2.16. The zero-order valence-electron chi connectivity index (χ0n) is 20.8. The van der Waals surface area contributed by atoms with Crippen LogP contribution in [0.3, 0.4) is 0 Å². The number of ether oxygens (including phenoxy) is 1. The zero-order valence-corrected chi connectivity index (χ0v) is 21.6. The Balaban J connectivity index is 1.34. The highest BCUT2D eigenvalue weighted by Crippen LogP contribution is 2.29. The van der Waals surface area contributed by atoms with Crippen molar-refractivity contribution in [1.82, 2.24) is 9.66 Å². The van der Waals surface area contributed by atoms with E-state index < -0.39 is 5.97 Å². The number of furan rings is 1. The first-order valence-electron chi connectivity index (χ1n) is 12.3. The number of benzene rings is 4. The van der Waals surface area contributed by atoms with Gasteiger partial charge in [-0.15, -0.1) is 0 Å². The summed E-state index contributed by atoms with van der Waals surface area (Å²) in [5, 5.41) is 15.5. The molecule has 0 bridgehead atoms. The minimum Gasteiger partial charge on any atom is -0.489 e. The first-order valence-corrected chi connectivity index (χ1v) is 12.6. The smallest absolute Gasteiger partial charge is 0.335 e. The van der Waals surface area contributed by atoms with Crippen LogP contribution in [0.5, 0.6) is 5.75 Å². The van der Waals surface area contributed by atoms with Crippen molar-refractivity contribution in [3.8, 4) is 17.3 Å². The Hall–Kier alpha value is -5.21. The van der Waals surface area contributed by atoms with Crippen LogP contribution in [0.15, 0.2) is 111 Å². The van der Waals surface area contributed by atoms with Crippen molar-refractivity contribution in [2.24, 2.45) is 5.10 Å². The molecule has 0 aliphatic rings. The summed E-state index contributed by atoms with van der Waals surface area (Å²) >= 11 is 6.15. The Kier molecular flexibility index (Phi) is 6.59. The molecule has 196 valence electrons. The number of fused-ring (bicyclic) bond motifs is 2. The van der Waals surface area contributed by atoms with Crippen LogP contribution < -0.4 is 10.3 Å². The van der Waals surface area contributed by atoms with Gasteiger partial charge in [0.2, 0.25) is 5.82 Å². The average Bonchev–Trinajstić information content (AvgIpc) is 3.39. The van der Waals surface area contributed by atoms with Crippen molar-refractivity contribution in [2.45, 2.75) is 6.61 Å². The van der Waals surface area contributed by atoms with Crippen LogP contribution in [0.1, 0.15) is 21.5 Å². The summed E-state index contributed by atoms with van der Waals surface area (Å²) in [6, 6.07) is 27.8. The molecular formula is C31H20ClN3O5. The molecule has 0 amide bonds. The molecule has 6 aromatic rings. The minimum absolute atomic E-state index is 0.190. The van der Waals surface area contributed by atoms with Gasteiger partial charge in [-0.05, 0) is 71.8 Å². The topological polar surface area (TPSA) is 107 Å². The van der Waals surface area contributed by atoms with Gasteiger partial charge in [-0.1, -0.05) is 48.0 Å². The summed E-state index contributed by atoms with van der Waals surface area (Å²) in [6.07, 6.45) is 1.54. The lowest BCUT2D eigenvalue weighted by Gasteiger charge is -2.08. The van der Waals surface area contributed by atoms with Gasteiger partial charge >= 0.3 is 5.97 Å². The van der Waals surface area contributed by atoms with E-state index in [1.165, 1.54) is 10.7 Å². The van der Waals surface area contributed by atoms with Crippen molar-refractivity contribution in [3.05, 3.63) is 129 Å². The lowest BCUT2D eigenvalue weighted by atomic mass is 10.1. The molecule has 2 aromatic heterocycles.